The summed E-state index contributed by atoms with van der Waals surface area (Å²) in [5.41, 5.74) is 7.78. The van der Waals surface area contributed by atoms with E-state index in [1.165, 1.54) is 0 Å². The van der Waals surface area contributed by atoms with Crippen molar-refractivity contribution in [3.63, 3.8) is 0 Å². The smallest absolute Gasteiger partial charge is 0.303 e. The fraction of sp³-hybridized carbons (Fsp3) is 0.364. The Hall–Kier alpha value is -1.06. The molecular weight excluding hydrogens is 214 g/mol. The number of nitrogens with two attached hydrogens (primary N) is 1. The molecule has 15 heavy (non-hydrogen) atoms. The van der Waals surface area contributed by atoms with Crippen LogP contribution < -0.4 is 5.73 Å². The molecule has 82 valence electrons. The van der Waals surface area contributed by atoms with E-state index in [9.17, 15) is 4.79 Å². The van der Waals surface area contributed by atoms with Crippen LogP contribution in [-0.2, 0) is 4.79 Å². The van der Waals surface area contributed by atoms with Crippen LogP contribution in [0.3, 0.4) is 0 Å². The monoisotopic (exact) mass is 227 g/mol. The molecule has 0 spiro atoms. The molecule has 0 radical (unpaired) electrons. The van der Waals surface area contributed by atoms with Crippen LogP contribution in [0.2, 0.25) is 5.02 Å². The normalized spacial score (nSPS) is 12.5. The number of aryl methyl sites for hydroxylation is 1. The SMILES string of the molecule is Cc1cc(Cl)cc(C(N)CCC(=O)O)c1. The first-order chi connectivity index (χ1) is 6.99. The Morgan fingerprint density at radius 1 is 1.53 bits per heavy atom. The van der Waals surface area contributed by atoms with Crippen LogP contribution in [0, 0.1) is 6.92 Å². The Bertz CT molecular complexity index is 345. The minimum Gasteiger partial charge on any atom is -0.481 e. The maximum absolute atomic E-state index is 10.4. The summed E-state index contributed by atoms with van der Waals surface area (Å²) in [6.07, 6.45) is 0.502. The molecule has 4 heteroatoms. The second-order valence-corrected chi connectivity index (χ2v) is 4.04. The van der Waals surface area contributed by atoms with E-state index >= 15 is 0 Å². The molecule has 0 aliphatic carbocycles. The summed E-state index contributed by atoms with van der Waals surface area (Å²) in [7, 11) is 0. The fourth-order valence-corrected chi connectivity index (χ4v) is 1.72. The van der Waals surface area contributed by atoms with Crippen molar-refractivity contribution in [2.75, 3.05) is 0 Å². The van der Waals surface area contributed by atoms with Crippen molar-refractivity contribution in [1.29, 1.82) is 0 Å². The molecule has 1 rings (SSSR count). The van der Waals surface area contributed by atoms with Gasteiger partial charge in [0.15, 0.2) is 0 Å². The minimum atomic E-state index is -0.829. The first-order valence-corrected chi connectivity index (χ1v) is 5.11. The molecule has 0 aliphatic heterocycles. The van der Waals surface area contributed by atoms with Gasteiger partial charge >= 0.3 is 5.97 Å². The van der Waals surface area contributed by atoms with Gasteiger partial charge in [-0.05, 0) is 36.6 Å². The van der Waals surface area contributed by atoms with E-state index in [-0.39, 0.29) is 12.5 Å². The summed E-state index contributed by atoms with van der Waals surface area (Å²) in [4.78, 5) is 10.4. The summed E-state index contributed by atoms with van der Waals surface area (Å²) < 4.78 is 0. The number of carboxylic acid groups (broad SMARTS) is 1. The van der Waals surface area contributed by atoms with E-state index in [4.69, 9.17) is 22.4 Å². The van der Waals surface area contributed by atoms with Gasteiger partial charge in [-0.3, -0.25) is 4.79 Å². The van der Waals surface area contributed by atoms with Crippen LogP contribution in [-0.4, -0.2) is 11.1 Å². The lowest BCUT2D eigenvalue weighted by atomic mass is 10.0. The molecule has 0 aromatic heterocycles. The Morgan fingerprint density at radius 2 is 2.20 bits per heavy atom. The summed E-state index contributed by atoms with van der Waals surface area (Å²) in [5, 5.41) is 9.17. The number of carbonyl (C=O) groups is 1. The second kappa shape index (κ2) is 5.14. The summed E-state index contributed by atoms with van der Waals surface area (Å²) in [6, 6.07) is 5.28. The van der Waals surface area contributed by atoms with E-state index in [1.54, 1.807) is 6.07 Å². The maximum Gasteiger partial charge on any atom is 0.303 e. The lowest BCUT2D eigenvalue weighted by molar-refractivity contribution is -0.137. The number of halogens is 1. The average Bonchev–Trinajstić information content (AvgIpc) is 2.12. The van der Waals surface area contributed by atoms with Gasteiger partial charge in [0.25, 0.3) is 0 Å². The molecule has 3 nitrogen and oxygen atoms in total. The number of rotatable bonds is 4. The minimum absolute atomic E-state index is 0.0761. The molecule has 1 unspecified atom stereocenters. The zero-order valence-corrected chi connectivity index (χ0v) is 9.29. The summed E-state index contributed by atoms with van der Waals surface area (Å²) >= 11 is 5.89. The van der Waals surface area contributed by atoms with Gasteiger partial charge in [0.05, 0.1) is 0 Å². The van der Waals surface area contributed by atoms with Crippen molar-refractivity contribution in [1.82, 2.24) is 0 Å². The van der Waals surface area contributed by atoms with Crippen LogP contribution in [0.5, 0.6) is 0 Å². The summed E-state index contributed by atoms with van der Waals surface area (Å²) in [5.74, 6) is -0.829. The molecule has 0 heterocycles. The molecule has 0 bridgehead atoms. The molecule has 0 fully saturated rings. The molecule has 0 saturated carbocycles. The van der Waals surface area contributed by atoms with E-state index in [1.807, 2.05) is 19.1 Å². The number of carboxylic acids is 1. The summed E-state index contributed by atoms with van der Waals surface area (Å²) in [6.45, 7) is 1.93. The predicted molar refractivity (Wildman–Crippen MR) is 60.0 cm³/mol. The van der Waals surface area contributed by atoms with Gasteiger partial charge in [0.2, 0.25) is 0 Å². The molecular formula is C11H14ClNO2. The highest BCUT2D eigenvalue weighted by Gasteiger charge is 2.09. The number of aliphatic carboxylic acids is 1. The lowest BCUT2D eigenvalue weighted by Crippen LogP contribution is -2.12. The first-order valence-electron chi connectivity index (χ1n) is 4.73. The highest BCUT2D eigenvalue weighted by Crippen LogP contribution is 2.21. The van der Waals surface area contributed by atoms with Gasteiger partial charge in [-0.25, -0.2) is 0 Å². The van der Waals surface area contributed by atoms with Crippen molar-refractivity contribution in [3.8, 4) is 0 Å². The molecule has 1 atom stereocenters. The molecule has 0 amide bonds. The predicted octanol–water partition coefficient (Wildman–Crippen LogP) is 2.51. The number of benzene rings is 1. The van der Waals surface area contributed by atoms with Crippen molar-refractivity contribution in [3.05, 3.63) is 34.3 Å². The third-order valence-corrected chi connectivity index (χ3v) is 2.38. The van der Waals surface area contributed by atoms with E-state index in [0.717, 1.165) is 11.1 Å². The zero-order chi connectivity index (χ0) is 11.4. The second-order valence-electron chi connectivity index (χ2n) is 3.60. The highest BCUT2D eigenvalue weighted by atomic mass is 35.5. The Morgan fingerprint density at radius 3 is 2.73 bits per heavy atom. The molecule has 1 aromatic rings. The van der Waals surface area contributed by atoms with Crippen LogP contribution in [0.1, 0.15) is 30.0 Å². The van der Waals surface area contributed by atoms with Gasteiger partial charge < -0.3 is 10.8 Å². The van der Waals surface area contributed by atoms with Crippen LogP contribution in [0.4, 0.5) is 0 Å². The number of hydrogen-bond acceptors (Lipinski definition) is 2. The topological polar surface area (TPSA) is 63.3 Å². The van der Waals surface area contributed by atoms with Crippen LogP contribution in [0.25, 0.3) is 0 Å². The van der Waals surface area contributed by atoms with E-state index in [2.05, 4.69) is 0 Å². The van der Waals surface area contributed by atoms with E-state index < -0.39 is 5.97 Å². The van der Waals surface area contributed by atoms with Gasteiger partial charge in [0.1, 0.15) is 0 Å². The van der Waals surface area contributed by atoms with Crippen molar-refractivity contribution in [2.45, 2.75) is 25.8 Å². The van der Waals surface area contributed by atoms with Gasteiger partial charge in [-0.15, -0.1) is 0 Å². The van der Waals surface area contributed by atoms with Gasteiger partial charge in [-0.2, -0.15) is 0 Å². The van der Waals surface area contributed by atoms with E-state index in [0.29, 0.717) is 11.4 Å². The third-order valence-electron chi connectivity index (χ3n) is 2.16. The highest BCUT2D eigenvalue weighted by molar-refractivity contribution is 6.30. The van der Waals surface area contributed by atoms with Gasteiger partial charge in [0, 0.05) is 17.5 Å². The van der Waals surface area contributed by atoms with Crippen molar-refractivity contribution < 1.29 is 9.90 Å². The molecule has 1 aromatic carbocycles. The molecule has 3 N–H and O–H groups in total. The lowest BCUT2D eigenvalue weighted by Gasteiger charge is -2.11. The third kappa shape index (κ3) is 3.90. The quantitative estimate of drug-likeness (QED) is 0.831. The maximum atomic E-state index is 10.4. The van der Waals surface area contributed by atoms with Crippen LogP contribution >= 0.6 is 11.6 Å². The van der Waals surface area contributed by atoms with Crippen molar-refractivity contribution in [2.24, 2.45) is 5.73 Å². The number of hydrogen-bond donors (Lipinski definition) is 2. The zero-order valence-electron chi connectivity index (χ0n) is 8.53. The Labute approximate surface area is 93.9 Å². The Kier molecular flexibility index (Phi) is 4.12. The largest absolute Gasteiger partial charge is 0.481 e. The first kappa shape index (κ1) is 12.0. The molecule has 0 saturated heterocycles. The standard InChI is InChI=1S/C11H14ClNO2/c1-7-4-8(6-9(12)5-7)10(13)2-3-11(14)15/h4-6,10H,2-3,13H2,1H3,(H,14,15). The average molecular weight is 228 g/mol. The van der Waals surface area contributed by atoms with Crippen LogP contribution in [0.15, 0.2) is 18.2 Å². The molecule has 0 aliphatic rings. The Balaban J connectivity index is 2.72. The van der Waals surface area contributed by atoms with Gasteiger partial charge in [-0.1, -0.05) is 17.7 Å². The van der Waals surface area contributed by atoms with Crippen molar-refractivity contribution >= 4 is 17.6 Å². The fourth-order valence-electron chi connectivity index (χ4n) is 1.42.